The number of methoxy groups -OCH3 is 2. The van der Waals surface area contributed by atoms with Crippen LogP contribution in [0.3, 0.4) is 0 Å². The number of hydrogen-bond donors (Lipinski definition) is 0. The maximum Gasteiger partial charge on any atom is 0.244 e. The first-order valence-electron chi connectivity index (χ1n) is 7.45. The normalized spacial score (nSPS) is 17.3. The van der Waals surface area contributed by atoms with E-state index in [1.165, 1.54) is 11.0 Å². The maximum atomic E-state index is 12.5. The number of amides is 1. The fourth-order valence-corrected chi connectivity index (χ4v) is 2.95. The van der Waals surface area contributed by atoms with Gasteiger partial charge in [-0.25, -0.2) is 4.68 Å². The number of hydrogen-bond acceptors (Lipinski definition) is 6. The van der Waals surface area contributed by atoms with Gasteiger partial charge in [-0.2, -0.15) is 0 Å². The van der Waals surface area contributed by atoms with Crippen LogP contribution in [0.5, 0.6) is 11.5 Å². The molecule has 0 radical (unpaired) electrons. The van der Waals surface area contributed by atoms with Crippen molar-refractivity contribution >= 4 is 5.91 Å². The topological polar surface area (TPSA) is 82.4 Å². The summed E-state index contributed by atoms with van der Waals surface area (Å²) in [6, 6.07) is 5.83. The molecular weight excluding hydrogens is 298 g/mol. The lowest BCUT2D eigenvalue weighted by atomic mass is 10.0. The van der Waals surface area contributed by atoms with Crippen LogP contribution in [0.25, 0.3) is 0 Å². The van der Waals surface area contributed by atoms with E-state index in [2.05, 4.69) is 15.5 Å². The number of nitrogens with zero attached hydrogens (tertiary/aromatic N) is 5. The van der Waals surface area contributed by atoms with Gasteiger partial charge in [0.1, 0.15) is 12.9 Å². The lowest BCUT2D eigenvalue weighted by Crippen LogP contribution is -2.33. The van der Waals surface area contributed by atoms with Gasteiger partial charge in [-0.3, -0.25) is 4.79 Å². The van der Waals surface area contributed by atoms with E-state index in [-0.39, 0.29) is 18.5 Å². The van der Waals surface area contributed by atoms with Gasteiger partial charge in [-0.15, -0.1) is 5.10 Å². The van der Waals surface area contributed by atoms with Crippen LogP contribution in [-0.2, 0) is 11.3 Å². The van der Waals surface area contributed by atoms with Gasteiger partial charge in [0.05, 0.1) is 20.3 Å². The van der Waals surface area contributed by atoms with Crippen molar-refractivity contribution < 1.29 is 14.3 Å². The average Bonchev–Trinajstić information content (AvgIpc) is 3.25. The van der Waals surface area contributed by atoms with Crippen molar-refractivity contribution in [2.75, 3.05) is 20.8 Å². The van der Waals surface area contributed by atoms with E-state index in [4.69, 9.17) is 9.47 Å². The molecule has 3 rings (SSSR count). The summed E-state index contributed by atoms with van der Waals surface area (Å²) in [7, 11) is 3.21. The molecular formula is C15H19N5O3. The van der Waals surface area contributed by atoms with Crippen molar-refractivity contribution in [2.24, 2.45) is 0 Å². The molecule has 1 amide bonds. The van der Waals surface area contributed by atoms with Crippen molar-refractivity contribution in [1.29, 1.82) is 0 Å². The number of likely N-dealkylation sites (tertiary alicyclic amines) is 1. The molecule has 0 N–H and O–H groups in total. The highest BCUT2D eigenvalue weighted by Gasteiger charge is 2.30. The molecule has 1 atom stereocenters. The monoisotopic (exact) mass is 317 g/mol. The first-order chi connectivity index (χ1) is 11.2. The summed E-state index contributed by atoms with van der Waals surface area (Å²) >= 11 is 0. The molecule has 0 saturated carbocycles. The van der Waals surface area contributed by atoms with Crippen LogP contribution in [0.15, 0.2) is 24.5 Å². The summed E-state index contributed by atoms with van der Waals surface area (Å²) in [4.78, 5) is 14.4. The SMILES string of the molecule is COc1ccc(C2CCCN2C(=O)Cn2cnnn2)cc1OC. The number of benzene rings is 1. The van der Waals surface area contributed by atoms with Crippen LogP contribution in [-0.4, -0.2) is 51.8 Å². The second-order valence-corrected chi connectivity index (χ2v) is 5.37. The maximum absolute atomic E-state index is 12.5. The summed E-state index contributed by atoms with van der Waals surface area (Å²) in [5, 5.41) is 10.9. The molecule has 0 spiro atoms. The van der Waals surface area contributed by atoms with Crippen molar-refractivity contribution in [2.45, 2.75) is 25.4 Å². The fourth-order valence-electron chi connectivity index (χ4n) is 2.95. The summed E-state index contributed by atoms with van der Waals surface area (Å²) in [6.07, 6.45) is 3.34. The highest BCUT2D eigenvalue weighted by molar-refractivity contribution is 5.76. The zero-order chi connectivity index (χ0) is 16.2. The summed E-state index contributed by atoms with van der Waals surface area (Å²) < 4.78 is 12.1. The molecule has 1 fully saturated rings. The van der Waals surface area contributed by atoms with Crippen LogP contribution in [0.4, 0.5) is 0 Å². The quantitative estimate of drug-likeness (QED) is 0.820. The largest absolute Gasteiger partial charge is 0.493 e. The van der Waals surface area contributed by atoms with Crippen molar-refractivity contribution in [3.8, 4) is 11.5 Å². The highest BCUT2D eigenvalue weighted by Crippen LogP contribution is 2.36. The van der Waals surface area contributed by atoms with E-state index in [0.717, 1.165) is 24.9 Å². The lowest BCUT2D eigenvalue weighted by molar-refractivity contribution is -0.133. The first-order valence-corrected chi connectivity index (χ1v) is 7.45. The second-order valence-electron chi connectivity index (χ2n) is 5.37. The Balaban J connectivity index is 1.79. The molecule has 0 bridgehead atoms. The van der Waals surface area contributed by atoms with Gasteiger partial charge >= 0.3 is 0 Å². The van der Waals surface area contributed by atoms with E-state index in [0.29, 0.717) is 11.5 Å². The molecule has 8 heteroatoms. The number of carbonyl (C=O) groups is 1. The third-order valence-electron chi connectivity index (χ3n) is 4.05. The third kappa shape index (κ3) is 3.10. The third-order valence-corrected chi connectivity index (χ3v) is 4.05. The van der Waals surface area contributed by atoms with Gasteiger partial charge in [0.2, 0.25) is 5.91 Å². The Morgan fingerprint density at radius 1 is 1.30 bits per heavy atom. The van der Waals surface area contributed by atoms with Gasteiger partial charge in [-0.05, 0) is 41.0 Å². The number of tetrazole rings is 1. The molecule has 1 aromatic heterocycles. The Morgan fingerprint density at radius 3 is 2.83 bits per heavy atom. The van der Waals surface area contributed by atoms with E-state index in [1.54, 1.807) is 14.2 Å². The zero-order valence-corrected chi connectivity index (χ0v) is 13.2. The minimum atomic E-state index is 0.00887. The van der Waals surface area contributed by atoms with Gasteiger partial charge in [0, 0.05) is 6.54 Å². The van der Waals surface area contributed by atoms with Gasteiger partial charge in [-0.1, -0.05) is 6.07 Å². The molecule has 1 saturated heterocycles. The molecule has 2 aromatic rings. The predicted molar refractivity (Wildman–Crippen MR) is 81.1 cm³/mol. The van der Waals surface area contributed by atoms with Crippen LogP contribution in [0.2, 0.25) is 0 Å². The molecule has 1 aliphatic rings. The molecule has 23 heavy (non-hydrogen) atoms. The lowest BCUT2D eigenvalue weighted by Gasteiger charge is -2.25. The van der Waals surface area contributed by atoms with Crippen molar-refractivity contribution in [3.05, 3.63) is 30.1 Å². The highest BCUT2D eigenvalue weighted by atomic mass is 16.5. The van der Waals surface area contributed by atoms with E-state index >= 15 is 0 Å². The minimum Gasteiger partial charge on any atom is -0.493 e. The number of ether oxygens (including phenoxy) is 2. The Morgan fingerprint density at radius 2 is 2.13 bits per heavy atom. The van der Waals surface area contributed by atoms with Gasteiger partial charge < -0.3 is 14.4 Å². The van der Waals surface area contributed by atoms with Crippen LogP contribution < -0.4 is 9.47 Å². The minimum absolute atomic E-state index is 0.00887. The number of carbonyl (C=O) groups excluding carboxylic acids is 1. The predicted octanol–water partition coefficient (Wildman–Crippen LogP) is 1.05. The van der Waals surface area contributed by atoms with Gasteiger partial charge in [0.25, 0.3) is 0 Å². The Bertz CT molecular complexity index is 674. The fraction of sp³-hybridized carbons (Fsp3) is 0.467. The van der Waals surface area contributed by atoms with E-state index in [9.17, 15) is 4.79 Å². The molecule has 0 aliphatic carbocycles. The zero-order valence-electron chi connectivity index (χ0n) is 13.2. The molecule has 8 nitrogen and oxygen atoms in total. The number of rotatable bonds is 5. The van der Waals surface area contributed by atoms with Crippen LogP contribution >= 0.6 is 0 Å². The van der Waals surface area contributed by atoms with E-state index in [1.807, 2.05) is 23.1 Å². The van der Waals surface area contributed by atoms with Crippen molar-refractivity contribution in [3.63, 3.8) is 0 Å². The molecule has 2 heterocycles. The molecule has 1 aromatic carbocycles. The first kappa shape index (κ1) is 15.3. The Labute approximate surface area is 134 Å². The van der Waals surface area contributed by atoms with Gasteiger partial charge in [0.15, 0.2) is 11.5 Å². The molecule has 122 valence electrons. The average molecular weight is 317 g/mol. The van der Waals surface area contributed by atoms with Crippen molar-refractivity contribution in [1.82, 2.24) is 25.1 Å². The second kappa shape index (κ2) is 6.64. The Hall–Kier alpha value is -2.64. The summed E-state index contributed by atoms with van der Waals surface area (Å²) in [6.45, 7) is 0.886. The number of aromatic nitrogens is 4. The van der Waals surface area contributed by atoms with E-state index < -0.39 is 0 Å². The summed E-state index contributed by atoms with van der Waals surface area (Å²) in [5.41, 5.74) is 1.05. The molecule has 1 aliphatic heterocycles. The molecule has 1 unspecified atom stereocenters. The standard InChI is InChI=1S/C15H19N5O3/c1-22-13-6-5-11(8-14(13)23-2)12-4-3-7-20(12)15(21)9-19-10-16-17-18-19/h5-6,8,10,12H,3-4,7,9H2,1-2H3. The Kier molecular flexibility index (Phi) is 4.40. The smallest absolute Gasteiger partial charge is 0.244 e. The summed E-state index contributed by atoms with van der Waals surface area (Å²) in [5.74, 6) is 1.36. The van der Waals surface area contributed by atoms with Crippen LogP contribution in [0, 0.1) is 0 Å². The van der Waals surface area contributed by atoms with Crippen LogP contribution in [0.1, 0.15) is 24.4 Å².